The number of rotatable bonds is 4. The van der Waals surface area contributed by atoms with E-state index in [0.717, 1.165) is 25.7 Å². The molecule has 1 aliphatic rings. The highest BCUT2D eigenvalue weighted by Gasteiger charge is 2.23. The van der Waals surface area contributed by atoms with Gasteiger partial charge in [0.25, 0.3) is 0 Å². The smallest absolute Gasteiger partial charge is 0.224 e. The maximum absolute atomic E-state index is 11.8. The van der Waals surface area contributed by atoms with E-state index in [2.05, 4.69) is 5.32 Å². The van der Waals surface area contributed by atoms with Gasteiger partial charge in [0.2, 0.25) is 5.91 Å². The molecule has 0 unspecified atom stereocenters. The molecule has 1 saturated carbocycles. The van der Waals surface area contributed by atoms with Crippen LogP contribution >= 0.6 is 0 Å². The molecule has 0 bridgehead atoms. The van der Waals surface area contributed by atoms with Gasteiger partial charge in [-0.2, -0.15) is 0 Å². The Morgan fingerprint density at radius 3 is 2.74 bits per heavy atom. The fraction of sp³-hybridized carbons (Fsp3) is 0.533. The van der Waals surface area contributed by atoms with Gasteiger partial charge in [-0.25, -0.2) is 0 Å². The second-order valence-electron chi connectivity index (χ2n) is 5.22. The first kappa shape index (κ1) is 13.9. The molecule has 1 aromatic rings. The number of phenolic OH excluding ortho intramolecular Hbond substituents is 1. The number of carbonyl (C=O) groups excluding carboxylic acids is 1. The Morgan fingerprint density at radius 2 is 2.00 bits per heavy atom. The van der Waals surface area contributed by atoms with E-state index in [4.69, 9.17) is 0 Å². The van der Waals surface area contributed by atoms with Crippen molar-refractivity contribution in [1.82, 2.24) is 5.32 Å². The number of para-hydroxylation sites is 1. The summed E-state index contributed by atoms with van der Waals surface area (Å²) < 4.78 is 0. The molecule has 0 heterocycles. The fourth-order valence-corrected chi connectivity index (χ4v) is 2.57. The zero-order valence-electron chi connectivity index (χ0n) is 11.0. The first-order valence-electron chi connectivity index (χ1n) is 6.88. The quantitative estimate of drug-likeness (QED) is 0.773. The summed E-state index contributed by atoms with van der Waals surface area (Å²) in [7, 11) is 0. The van der Waals surface area contributed by atoms with Crippen LogP contribution in [0.5, 0.6) is 5.75 Å². The lowest BCUT2D eigenvalue weighted by molar-refractivity contribution is -0.120. The van der Waals surface area contributed by atoms with E-state index in [0.29, 0.717) is 12.1 Å². The fourth-order valence-electron chi connectivity index (χ4n) is 2.57. The number of hydrogen-bond acceptors (Lipinski definition) is 3. The third-order valence-electron chi connectivity index (χ3n) is 3.77. The molecule has 0 spiro atoms. The first-order valence-corrected chi connectivity index (χ1v) is 6.88. The van der Waals surface area contributed by atoms with Gasteiger partial charge in [-0.05, 0) is 18.9 Å². The van der Waals surface area contributed by atoms with Crippen LogP contribution in [-0.4, -0.2) is 28.8 Å². The van der Waals surface area contributed by atoms with Crippen molar-refractivity contribution >= 4 is 5.91 Å². The van der Waals surface area contributed by atoms with Gasteiger partial charge >= 0.3 is 0 Å². The largest absolute Gasteiger partial charge is 0.508 e. The SMILES string of the molecule is O=C(Cc1ccccc1O)NC[C@H]1CCCC[C@@H]1O. The molecule has 19 heavy (non-hydrogen) atoms. The lowest BCUT2D eigenvalue weighted by atomic mass is 9.86. The van der Waals surface area contributed by atoms with Crippen LogP contribution in [0.2, 0.25) is 0 Å². The van der Waals surface area contributed by atoms with Crippen molar-refractivity contribution in [3.63, 3.8) is 0 Å². The second kappa shape index (κ2) is 6.57. The average Bonchev–Trinajstić information content (AvgIpc) is 2.40. The standard InChI is InChI=1S/C15H21NO3/c17-13-7-3-1-5-11(13)9-15(19)16-10-12-6-2-4-8-14(12)18/h1,3,5,7,12,14,17-18H,2,4,6,8-10H2,(H,16,19)/t12-,14+/m1/s1. The third-order valence-corrected chi connectivity index (χ3v) is 3.77. The molecule has 0 saturated heterocycles. The van der Waals surface area contributed by atoms with E-state index < -0.39 is 0 Å². The Hall–Kier alpha value is -1.55. The molecule has 3 N–H and O–H groups in total. The number of nitrogens with one attached hydrogen (secondary N) is 1. The van der Waals surface area contributed by atoms with Crippen LogP contribution < -0.4 is 5.32 Å². The van der Waals surface area contributed by atoms with Gasteiger partial charge in [0, 0.05) is 18.0 Å². The summed E-state index contributed by atoms with van der Waals surface area (Å²) in [5.41, 5.74) is 0.629. The molecule has 1 aromatic carbocycles. The summed E-state index contributed by atoms with van der Waals surface area (Å²) >= 11 is 0. The van der Waals surface area contributed by atoms with Gasteiger partial charge in [-0.1, -0.05) is 31.0 Å². The summed E-state index contributed by atoms with van der Waals surface area (Å²) in [5, 5.41) is 22.3. The normalized spacial score (nSPS) is 23.0. The van der Waals surface area contributed by atoms with Crippen LogP contribution in [0.4, 0.5) is 0 Å². The summed E-state index contributed by atoms with van der Waals surface area (Å²) in [6.45, 7) is 0.521. The highest BCUT2D eigenvalue weighted by Crippen LogP contribution is 2.23. The van der Waals surface area contributed by atoms with Crippen LogP contribution in [0.15, 0.2) is 24.3 Å². The Labute approximate surface area is 113 Å². The number of phenols is 1. The molecule has 2 atom stereocenters. The topological polar surface area (TPSA) is 69.6 Å². The van der Waals surface area contributed by atoms with E-state index in [1.807, 2.05) is 0 Å². The minimum Gasteiger partial charge on any atom is -0.508 e. The van der Waals surface area contributed by atoms with Gasteiger partial charge in [-0.15, -0.1) is 0 Å². The average molecular weight is 263 g/mol. The van der Waals surface area contributed by atoms with E-state index in [1.165, 1.54) is 0 Å². The molecule has 104 valence electrons. The minimum absolute atomic E-state index is 0.112. The number of aromatic hydroxyl groups is 1. The number of hydrogen-bond donors (Lipinski definition) is 3. The Bertz CT molecular complexity index is 433. The molecule has 0 aliphatic heterocycles. The molecule has 1 aliphatic carbocycles. The predicted octanol–water partition coefficient (Wildman–Crippen LogP) is 1.60. The summed E-state index contributed by atoms with van der Waals surface area (Å²) in [6.07, 6.45) is 3.88. The summed E-state index contributed by atoms with van der Waals surface area (Å²) in [5.74, 6) is 0.205. The highest BCUT2D eigenvalue weighted by atomic mass is 16.3. The van der Waals surface area contributed by atoms with Crippen LogP contribution in [-0.2, 0) is 11.2 Å². The van der Waals surface area contributed by atoms with Crippen molar-refractivity contribution in [2.45, 2.75) is 38.2 Å². The van der Waals surface area contributed by atoms with E-state index in [1.54, 1.807) is 24.3 Å². The monoisotopic (exact) mass is 263 g/mol. The Balaban J connectivity index is 1.80. The molecule has 2 rings (SSSR count). The molecule has 4 nitrogen and oxygen atoms in total. The van der Waals surface area contributed by atoms with Crippen LogP contribution in [0.1, 0.15) is 31.2 Å². The van der Waals surface area contributed by atoms with Crippen molar-refractivity contribution in [2.75, 3.05) is 6.54 Å². The highest BCUT2D eigenvalue weighted by molar-refractivity contribution is 5.79. The van der Waals surface area contributed by atoms with Crippen molar-refractivity contribution in [3.8, 4) is 5.75 Å². The predicted molar refractivity (Wildman–Crippen MR) is 72.8 cm³/mol. The van der Waals surface area contributed by atoms with Crippen molar-refractivity contribution < 1.29 is 15.0 Å². The lowest BCUT2D eigenvalue weighted by Crippen LogP contribution is -2.37. The molecular weight excluding hydrogens is 242 g/mol. The van der Waals surface area contributed by atoms with Crippen LogP contribution in [0, 0.1) is 5.92 Å². The van der Waals surface area contributed by atoms with Crippen LogP contribution in [0.3, 0.4) is 0 Å². The van der Waals surface area contributed by atoms with Gasteiger partial charge in [0.15, 0.2) is 0 Å². The number of carbonyl (C=O) groups is 1. The maximum Gasteiger partial charge on any atom is 0.224 e. The maximum atomic E-state index is 11.8. The first-order chi connectivity index (χ1) is 9.16. The second-order valence-corrected chi connectivity index (χ2v) is 5.22. The van der Waals surface area contributed by atoms with Crippen LogP contribution in [0.25, 0.3) is 0 Å². The van der Waals surface area contributed by atoms with E-state index in [-0.39, 0.29) is 30.1 Å². The molecule has 0 radical (unpaired) electrons. The Morgan fingerprint density at radius 1 is 1.26 bits per heavy atom. The van der Waals surface area contributed by atoms with Gasteiger partial charge < -0.3 is 15.5 Å². The van der Waals surface area contributed by atoms with Crippen molar-refractivity contribution in [2.24, 2.45) is 5.92 Å². The van der Waals surface area contributed by atoms with E-state index >= 15 is 0 Å². The number of aliphatic hydroxyl groups is 1. The minimum atomic E-state index is -0.292. The summed E-state index contributed by atoms with van der Waals surface area (Å²) in [6, 6.07) is 6.85. The van der Waals surface area contributed by atoms with Gasteiger partial charge in [0.1, 0.15) is 5.75 Å². The van der Waals surface area contributed by atoms with E-state index in [9.17, 15) is 15.0 Å². The molecule has 0 aromatic heterocycles. The molecule has 4 heteroatoms. The van der Waals surface area contributed by atoms with Crippen molar-refractivity contribution in [3.05, 3.63) is 29.8 Å². The molecule has 1 amide bonds. The molecular formula is C15H21NO3. The van der Waals surface area contributed by atoms with Gasteiger partial charge in [0.05, 0.1) is 12.5 Å². The summed E-state index contributed by atoms with van der Waals surface area (Å²) in [4.78, 5) is 11.8. The van der Waals surface area contributed by atoms with Crippen molar-refractivity contribution in [1.29, 1.82) is 0 Å². The number of benzene rings is 1. The number of aliphatic hydroxyl groups excluding tert-OH is 1. The van der Waals surface area contributed by atoms with Gasteiger partial charge in [-0.3, -0.25) is 4.79 Å². The molecule has 1 fully saturated rings. The zero-order valence-corrected chi connectivity index (χ0v) is 11.0. The number of amides is 1. The Kier molecular flexibility index (Phi) is 4.80. The third kappa shape index (κ3) is 3.96. The zero-order chi connectivity index (χ0) is 13.7. The lowest BCUT2D eigenvalue weighted by Gasteiger charge is -2.27.